The van der Waals surface area contributed by atoms with Crippen molar-refractivity contribution < 1.29 is 4.79 Å². The maximum atomic E-state index is 13.5. The molecule has 4 rings (SSSR count). The standard InChI is InChI=1S/C21H23N3O2S/c1-14(2)13-24-20(25)16-8-4-3-7-15(16)19(22-24)21(26)23-11-5-9-17(23)18-10-6-12-27-18/h3-4,6-8,10,12,14,17H,5,9,11,13H2,1-2H3/t17-/m0/s1. The van der Waals surface area contributed by atoms with Gasteiger partial charge >= 0.3 is 0 Å². The first-order valence-corrected chi connectivity index (χ1v) is 10.3. The van der Waals surface area contributed by atoms with E-state index >= 15 is 0 Å². The summed E-state index contributed by atoms with van der Waals surface area (Å²) in [6, 6.07) is 11.5. The number of thiophene rings is 1. The first kappa shape index (κ1) is 17.9. The van der Waals surface area contributed by atoms with Crippen LogP contribution in [-0.2, 0) is 6.54 Å². The van der Waals surface area contributed by atoms with Crippen molar-refractivity contribution in [2.24, 2.45) is 5.92 Å². The largest absolute Gasteiger partial charge is 0.329 e. The number of rotatable bonds is 4. The fraction of sp³-hybridized carbons (Fsp3) is 0.381. The van der Waals surface area contributed by atoms with Crippen molar-refractivity contribution in [1.29, 1.82) is 0 Å². The second-order valence-corrected chi connectivity index (χ2v) is 8.43. The van der Waals surface area contributed by atoms with Crippen LogP contribution < -0.4 is 5.56 Å². The molecule has 1 amide bonds. The lowest BCUT2D eigenvalue weighted by Gasteiger charge is -2.24. The fourth-order valence-corrected chi connectivity index (χ4v) is 4.66. The van der Waals surface area contributed by atoms with E-state index in [0.717, 1.165) is 19.4 Å². The molecule has 3 aromatic rings. The number of carbonyl (C=O) groups excluding carboxylic acids is 1. The molecule has 0 aliphatic carbocycles. The number of fused-ring (bicyclic) bond motifs is 1. The molecule has 0 bridgehead atoms. The van der Waals surface area contributed by atoms with Gasteiger partial charge in [-0.25, -0.2) is 4.68 Å². The molecule has 1 aromatic carbocycles. The molecule has 1 aliphatic heterocycles. The Kier molecular flexibility index (Phi) is 4.83. The Balaban J connectivity index is 1.81. The number of benzene rings is 1. The average molecular weight is 382 g/mol. The lowest BCUT2D eigenvalue weighted by Crippen LogP contribution is -2.34. The van der Waals surface area contributed by atoms with E-state index in [4.69, 9.17) is 0 Å². The molecular formula is C21H23N3O2S. The molecule has 1 saturated heterocycles. The summed E-state index contributed by atoms with van der Waals surface area (Å²) in [5.41, 5.74) is 0.251. The number of amides is 1. The van der Waals surface area contributed by atoms with E-state index in [2.05, 4.69) is 11.2 Å². The van der Waals surface area contributed by atoms with Gasteiger partial charge in [0.1, 0.15) is 0 Å². The van der Waals surface area contributed by atoms with E-state index in [1.165, 1.54) is 9.56 Å². The van der Waals surface area contributed by atoms with E-state index in [-0.39, 0.29) is 23.4 Å². The van der Waals surface area contributed by atoms with E-state index in [0.29, 0.717) is 23.0 Å². The molecule has 0 unspecified atom stereocenters. The molecule has 2 aromatic heterocycles. The zero-order valence-electron chi connectivity index (χ0n) is 15.6. The zero-order valence-corrected chi connectivity index (χ0v) is 16.4. The maximum Gasteiger partial charge on any atom is 0.275 e. The van der Waals surface area contributed by atoms with Crippen LogP contribution in [0.25, 0.3) is 10.8 Å². The molecule has 1 fully saturated rings. The topological polar surface area (TPSA) is 55.2 Å². The van der Waals surface area contributed by atoms with Crippen LogP contribution in [0.3, 0.4) is 0 Å². The molecule has 0 N–H and O–H groups in total. The Bertz CT molecular complexity index is 1020. The highest BCUT2D eigenvalue weighted by molar-refractivity contribution is 7.10. The van der Waals surface area contributed by atoms with Crippen molar-refractivity contribution in [1.82, 2.24) is 14.7 Å². The molecule has 0 saturated carbocycles. The average Bonchev–Trinajstić information content (AvgIpc) is 3.34. The number of carbonyl (C=O) groups is 1. The Morgan fingerprint density at radius 2 is 2.00 bits per heavy atom. The second kappa shape index (κ2) is 7.27. The van der Waals surface area contributed by atoms with Crippen LogP contribution in [0, 0.1) is 5.92 Å². The van der Waals surface area contributed by atoms with Crippen LogP contribution in [0.4, 0.5) is 0 Å². The summed E-state index contributed by atoms with van der Waals surface area (Å²) in [6.07, 6.45) is 1.95. The lowest BCUT2D eigenvalue weighted by molar-refractivity contribution is 0.0731. The van der Waals surface area contributed by atoms with E-state index in [1.807, 2.05) is 48.4 Å². The number of aromatic nitrogens is 2. The van der Waals surface area contributed by atoms with Gasteiger partial charge in [0.2, 0.25) is 0 Å². The van der Waals surface area contributed by atoms with Gasteiger partial charge < -0.3 is 4.90 Å². The van der Waals surface area contributed by atoms with Gasteiger partial charge in [-0.3, -0.25) is 9.59 Å². The summed E-state index contributed by atoms with van der Waals surface area (Å²) >= 11 is 1.68. The van der Waals surface area contributed by atoms with Crippen LogP contribution in [0.1, 0.15) is 48.1 Å². The Hall–Kier alpha value is -2.47. The molecule has 27 heavy (non-hydrogen) atoms. The normalized spacial score (nSPS) is 17.1. The maximum absolute atomic E-state index is 13.5. The number of hydrogen-bond donors (Lipinski definition) is 0. The SMILES string of the molecule is CC(C)Cn1nc(C(=O)N2CCC[C@H]2c2cccs2)c2ccccc2c1=O. The van der Waals surface area contributed by atoms with E-state index in [9.17, 15) is 9.59 Å². The van der Waals surface area contributed by atoms with Gasteiger partial charge in [0.05, 0.1) is 11.4 Å². The Morgan fingerprint density at radius 3 is 2.70 bits per heavy atom. The van der Waals surface area contributed by atoms with Gasteiger partial charge in [-0.05, 0) is 36.3 Å². The molecule has 1 aliphatic rings. The van der Waals surface area contributed by atoms with Gasteiger partial charge in [0.15, 0.2) is 5.69 Å². The van der Waals surface area contributed by atoms with Gasteiger partial charge in [-0.15, -0.1) is 11.3 Å². The quantitative estimate of drug-likeness (QED) is 0.684. The van der Waals surface area contributed by atoms with E-state index in [1.54, 1.807) is 17.4 Å². The summed E-state index contributed by atoms with van der Waals surface area (Å²) in [7, 11) is 0. The van der Waals surface area contributed by atoms with E-state index < -0.39 is 0 Å². The monoisotopic (exact) mass is 381 g/mol. The van der Waals surface area contributed by atoms with Crippen LogP contribution in [0.15, 0.2) is 46.6 Å². The van der Waals surface area contributed by atoms with Crippen LogP contribution in [0.5, 0.6) is 0 Å². The number of likely N-dealkylation sites (tertiary alicyclic amines) is 1. The van der Waals surface area contributed by atoms with Gasteiger partial charge in [0, 0.05) is 23.4 Å². The summed E-state index contributed by atoms with van der Waals surface area (Å²) in [6.45, 7) is 5.30. The van der Waals surface area contributed by atoms with Crippen LogP contribution in [-0.4, -0.2) is 27.1 Å². The lowest BCUT2D eigenvalue weighted by atomic mass is 10.1. The first-order chi connectivity index (χ1) is 13.1. The van der Waals surface area contributed by atoms with Gasteiger partial charge in [-0.2, -0.15) is 5.10 Å². The highest BCUT2D eigenvalue weighted by Crippen LogP contribution is 2.35. The van der Waals surface area contributed by atoms with Gasteiger partial charge in [-0.1, -0.05) is 38.1 Å². The molecule has 140 valence electrons. The summed E-state index contributed by atoms with van der Waals surface area (Å²) in [5.74, 6) is 0.185. The van der Waals surface area contributed by atoms with Gasteiger partial charge in [0.25, 0.3) is 11.5 Å². The number of nitrogens with zero attached hydrogens (tertiary/aromatic N) is 3. The first-order valence-electron chi connectivity index (χ1n) is 9.40. The molecule has 0 spiro atoms. The number of hydrogen-bond acceptors (Lipinski definition) is 4. The molecule has 1 atom stereocenters. The summed E-state index contributed by atoms with van der Waals surface area (Å²) in [5, 5.41) is 7.77. The van der Waals surface area contributed by atoms with Crippen molar-refractivity contribution in [3.63, 3.8) is 0 Å². The van der Waals surface area contributed by atoms with Crippen LogP contribution >= 0.6 is 11.3 Å². The van der Waals surface area contributed by atoms with Crippen molar-refractivity contribution >= 4 is 28.0 Å². The second-order valence-electron chi connectivity index (χ2n) is 7.45. The Morgan fingerprint density at radius 1 is 1.22 bits per heavy atom. The summed E-state index contributed by atoms with van der Waals surface area (Å²) < 4.78 is 1.45. The molecule has 0 radical (unpaired) electrons. The third kappa shape index (κ3) is 3.30. The zero-order chi connectivity index (χ0) is 19.0. The predicted molar refractivity (Wildman–Crippen MR) is 108 cm³/mol. The summed E-state index contributed by atoms with van der Waals surface area (Å²) in [4.78, 5) is 29.4. The molecule has 3 heterocycles. The third-order valence-corrected chi connectivity index (χ3v) is 5.97. The smallest absolute Gasteiger partial charge is 0.275 e. The third-order valence-electron chi connectivity index (χ3n) is 4.99. The van der Waals surface area contributed by atoms with Crippen LogP contribution in [0.2, 0.25) is 0 Å². The fourth-order valence-electron chi connectivity index (χ4n) is 3.79. The minimum Gasteiger partial charge on any atom is -0.329 e. The Labute approximate surface area is 162 Å². The highest BCUT2D eigenvalue weighted by Gasteiger charge is 2.33. The molecule has 5 nitrogen and oxygen atoms in total. The highest BCUT2D eigenvalue weighted by atomic mass is 32.1. The molecule has 6 heteroatoms. The van der Waals surface area contributed by atoms with Crippen molar-refractivity contribution in [2.75, 3.05) is 6.54 Å². The molecular weight excluding hydrogens is 358 g/mol. The van der Waals surface area contributed by atoms with Crippen molar-refractivity contribution in [3.05, 3.63) is 62.7 Å². The minimum atomic E-state index is -0.132. The van der Waals surface area contributed by atoms with Crippen molar-refractivity contribution in [2.45, 2.75) is 39.3 Å². The minimum absolute atomic E-state index is 0.0837. The predicted octanol–water partition coefficient (Wildman–Crippen LogP) is 4.09. The van der Waals surface area contributed by atoms with Crippen molar-refractivity contribution in [3.8, 4) is 0 Å².